The van der Waals surface area contributed by atoms with Gasteiger partial charge in [-0.15, -0.1) is 0 Å². The molecule has 2 aliphatic rings. The molecule has 1 fully saturated rings. The van der Waals surface area contributed by atoms with Crippen LogP contribution in [-0.4, -0.2) is 85.1 Å². The zero-order valence-electron chi connectivity index (χ0n) is 19.4. The first kappa shape index (κ1) is 24.1. The first-order chi connectivity index (χ1) is 16.1. The van der Waals surface area contributed by atoms with E-state index in [0.29, 0.717) is 26.2 Å². The minimum atomic E-state index is -3.39. The van der Waals surface area contributed by atoms with Crippen LogP contribution in [0.3, 0.4) is 0 Å². The number of aryl methyl sites for hydroxylation is 1. The molecule has 1 atom stereocenters. The van der Waals surface area contributed by atoms with Gasteiger partial charge in [0.2, 0.25) is 5.91 Å². The number of piperazine rings is 1. The lowest BCUT2D eigenvalue weighted by Crippen LogP contribution is -2.56. The molecule has 2 aromatic carbocycles. The number of carbonyl (C=O) groups is 3. The second-order valence-corrected chi connectivity index (χ2v) is 11.3. The summed E-state index contributed by atoms with van der Waals surface area (Å²) >= 11 is 0. The number of fused-ring (bicyclic) bond motifs is 1. The maximum atomic E-state index is 13.5. The first-order valence-electron chi connectivity index (χ1n) is 11.4. The van der Waals surface area contributed by atoms with Gasteiger partial charge in [0, 0.05) is 39.0 Å². The summed E-state index contributed by atoms with van der Waals surface area (Å²) in [6.07, 6.45) is 0.966. The van der Waals surface area contributed by atoms with Crippen molar-refractivity contribution in [1.82, 2.24) is 14.7 Å². The topological polar surface area (TPSA) is 95.1 Å². The SMILES string of the molecule is Cc1cccc(CN2CCN(C(=O)[C@H](CCS(C)(=O)=O)N3C(=O)c4ccccc4C3=O)CC2)c1. The van der Waals surface area contributed by atoms with Crippen LogP contribution < -0.4 is 0 Å². The van der Waals surface area contributed by atoms with Crippen molar-refractivity contribution in [2.45, 2.75) is 25.9 Å². The van der Waals surface area contributed by atoms with Crippen molar-refractivity contribution in [3.63, 3.8) is 0 Å². The van der Waals surface area contributed by atoms with Crippen LogP contribution in [0.2, 0.25) is 0 Å². The van der Waals surface area contributed by atoms with Gasteiger partial charge in [-0.05, 0) is 31.0 Å². The van der Waals surface area contributed by atoms with Crippen molar-refractivity contribution in [3.05, 3.63) is 70.8 Å². The quantitative estimate of drug-likeness (QED) is 0.557. The Morgan fingerprint density at radius 2 is 1.56 bits per heavy atom. The van der Waals surface area contributed by atoms with Gasteiger partial charge in [-0.25, -0.2) is 8.42 Å². The highest BCUT2D eigenvalue weighted by Crippen LogP contribution is 2.27. The molecule has 2 heterocycles. The third kappa shape index (κ3) is 5.20. The first-order valence-corrected chi connectivity index (χ1v) is 13.4. The summed E-state index contributed by atoms with van der Waals surface area (Å²) < 4.78 is 23.7. The van der Waals surface area contributed by atoms with E-state index in [1.165, 1.54) is 11.1 Å². The van der Waals surface area contributed by atoms with Crippen molar-refractivity contribution in [3.8, 4) is 0 Å². The molecular weight excluding hydrogens is 454 g/mol. The highest BCUT2D eigenvalue weighted by atomic mass is 32.2. The number of benzene rings is 2. The fourth-order valence-corrected chi connectivity index (χ4v) is 5.24. The third-order valence-electron chi connectivity index (χ3n) is 6.36. The average Bonchev–Trinajstić information content (AvgIpc) is 3.04. The molecule has 180 valence electrons. The smallest absolute Gasteiger partial charge is 0.262 e. The van der Waals surface area contributed by atoms with Crippen LogP contribution in [-0.2, 0) is 21.2 Å². The van der Waals surface area contributed by atoms with Gasteiger partial charge in [-0.2, -0.15) is 0 Å². The number of amides is 3. The number of hydrogen-bond donors (Lipinski definition) is 0. The second-order valence-electron chi connectivity index (χ2n) is 9.05. The van der Waals surface area contributed by atoms with Crippen molar-refractivity contribution in [2.24, 2.45) is 0 Å². The van der Waals surface area contributed by atoms with Crippen LogP contribution in [0.4, 0.5) is 0 Å². The number of rotatable bonds is 7. The standard InChI is InChI=1S/C25H29N3O5S/c1-18-6-5-7-19(16-18)17-26-11-13-27(14-12-26)25(31)22(10-15-34(2,32)33)28-23(29)20-8-3-4-9-21(20)24(28)30/h3-9,16,22H,10-15,17H2,1-2H3/t22-/m0/s1. The van der Waals surface area contributed by atoms with Gasteiger partial charge in [0.1, 0.15) is 15.9 Å². The van der Waals surface area contributed by atoms with Crippen molar-refractivity contribution in [2.75, 3.05) is 38.2 Å². The predicted molar refractivity (Wildman–Crippen MR) is 128 cm³/mol. The van der Waals surface area contributed by atoms with E-state index in [2.05, 4.69) is 30.0 Å². The summed E-state index contributed by atoms with van der Waals surface area (Å²) in [5.41, 5.74) is 2.89. The Morgan fingerprint density at radius 3 is 2.12 bits per heavy atom. The Labute approximate surface area is 200 Å². The van der Waals surface area contributed by atoms with Gasteiger partial charge >= 0.3 is 0 Å². The lowest BCUT2D eigenvalue weighted by atomic mass is 10.1. The zero-order valence-corrected chi connectivity index (χ0v) is 20.3. The summed E-state index contributed by atoms with van der Waals surface area (Å²) in [4.78, 5) is 44.4. The molecule has 0 bridgehead atoms. The molecule has 0 saturated carbocycles. The van der Waals surface area contributed by atoms with Gasteiger partial charge in [0.05, 0.1) is 16.9 Å². The van der Waals surface area contributed by atoms with Crippen molar-refractivity contribution in [1.29, 1.82) is 0 Å². The lowest BCUT2D eigenvalue weighted by Gasteiger charge is -2.38. The number of imide groups is 1. The van der Waals surface area contributed by atoms with Crippen LogP contribution in [0.5, 0.6) is 0 Å². The molecule has 3 amide bonds. The fourth-order valence-electron chi connectivity index (χ4n) is 4.59. The molecule has 9 heteroatoms. The summed E-state index contributed by atoms with van der Waals surface area (Å²) in [6.45, 7) is 5.03. The molecule has 1 saturated heterocycles. The molecule has 0 unspecified atom stereocenters. The summed E-state index contributed by atoms with van der Waals surface area (Å²) in [5.74, 6) is -1.77. The van der Waals surface area contributed by atoms with Gasteiger partial charge < -0.3 is 4.90 Å². The van der Waals surface area contributed by atoms with Crippen molar-refractivity contribution >= 4 is 27.6 Å². The highest BCUT2D eigenvalue weighted by Gasteiger charge is 2.44. The van der Waals surface area contributed by atoms with E-state index < -0.39 is 27.7 Å². The van der Waals surface area contributed by atoms with E-state index in [0.717, 1.165) is 17.7 Å². The fraction of sp³-hybridized carbons (Fsp3) is 0.400. The average molecular weight is 484 g/mol. The molecule has 0 aliphatic carbocycles. The van der Waals surface area contributed by atoms with E-state index in [1.54, 1.807) is 29.2 Å². The summed E-state index contributed by atoms with van der Waals surface area (Å²) in [7, 11) is -3.39. The Hall–Kier alpha value is -3.04. The lowest BCUT2D eigenvalue weighted by molar-refractivity contribution is -0.137. The summed E-state index contributed by atoms with van der Waals surface area (Å²) in [5, 5.41) is 0. The van der Waals surface area contributed by atoms with E-state index in [-0.39, 0.29) is 29.2 Å². The second kappa shape index (κ2) is 9.68. The van der Waals surface area contributed by atoms with Crippen LogP contribution in [0, 0.1) is 6.92 Å². The molecule has 0 spiro atoms. The van der Waals surface area contributed by atoms with Crippen LogP contribution in [0.25, 0.3) is 0 Å². The minimum Gasteiger partial charge on any atom is -0.338 e. The summed E-state index contributed by atoms with van der Waals surface area (Å²) in [6, 6.07) is 13.6. The Balaban J connectivity index is 1.48. The number of nitrogens with zero attached hydrogens (tertiary/aromatic N) is 3. The largest absolute Gasteiger partial charge is 0.338 e. The van der Waals surface area contributed by atoms with Gasteiger partial charge in [0.25, 0.3) is 11.8 Å². The maximum Gasteiger partial charge on any atom is 0.262 e. The molecule has 2 aromatic rings. The van der Waals surface area contributed by atoms with E-state index >= 15 is 0 Å². The number of sulfone groups is 1. The molecule has 8 nitrogen and oxygen atoms in total. The monoisotopic (exact) mass is 483 g/mol. The normalized spacial score (nSPS) is 17.7. The molecule has 2 aliphatic heterocycles. The zero-order chi connectivity index (χ0) is 24.5. The molecule has 0 N–H and O–H groups in total. The Kier molecular flexibility index (Phi) is 6.86. The Bertz CT molecular complexity index is 1180. The van der Waals surface area contributed by atoms with Crippen molar-refractivity contribution < 1.29 is 22.8 Å². The molecule has 0 radical (unpaired) electrons. The highest BCUT2D eigenvalue weighted by molar-refractivity contribution is 7.90. The molecular formula is C25H29N3O5S. The van der Waals surface area contributed by atoms with E-state index in [4.69, 9.17) is 0 Å². The third-order valence-corrected chi connectivity index (χ3v) is 7.33. The number of carbonyl (C=O) groups excluding carboxylic acids is 3. The molecule has 34 heavy (non-hydrogen) atoms. The van der Waals surface area contributed by atoms with Crippen LogP contribution in [0.15, 0.2) is 48.5 Å². The predicted octanol–water partition coefficient (Wildman–Crippen LogP) is 1.74. The van der Waals surface area contributed by atoms with E-state index in [1.807, 2.05) is 6.07 Å². The minimum absolute atomic E-state index is 0.118. The number of hydrogen-bond acceptors (Lipinski definition) is 6. The van der Waals surface area contributed by atoms with Gasteiger partial charge in [-0.3, -0.25) is 24.2 Å². The van der Waals surface area contributed by atoms with Crippen LogP contribution >= 0.6 is 0 Å². The van der Waals surface area contributed by atoms with Gasteiger partial charge in [-0.1, -0.05) is 42.0 Å². The molecule has 4 rings (SSSR count). The van der Waals surface area contributed by atoms with Gasteiger partial charge in [0.15, 0.2) is 0 Å². The Morgan fingerprint density at radius 1 is 0.941 bits per heavy atom. The van der Waals surface area contributed by atoms with Crippen LogP contribution in [0.1, 0.15) is 38.3 Å². The van der Waals surface area contributed by atoms with E-state index in [9.17, 15) is 22.8 Å². The maximum absolute atomic E-state index is 13.5. The molecule has 0 aromatic heterocycles.